The normalized spacial score (nSPS) is 17.8. The molecule has 1 amide bonds. The molecule has 0 saturated carbocycles. The molecule has 1 rings (SSSR count). The first-order valence-corrected chi connectivity index (χ1v) is 8.01. The Hall–Kier alpha value is -0.570. The number of nitrogens with zero attached hydrogens (tertiary/aromatic N) is 3. The Balaban J connectivity index is 0.00000441. The number of hydrogen-bond acceptors (Lipinski definition) is 3. The van der Waals surface area contributed by atoms with Crippen LogP contribution < -0.4 is 5.32 Å². The summed E-state index contributed by atoms with van der Waals surface area (Å²) in [7, 11) is 1.90. The second kappa shape index (κ2) is 11.9. The maximum absolute atomic E-state index is 12.2. The lowest BCUT2D eigenvalue weighted by molar-refractivity contribution is -0.131. The first kappa shape index (κ1) is 21.4. The van der Waals surface area contributed by atoms with E-state index >= 15 is 0 Å². The molecule has 0 aromatic carbocycles. The fraction of sp³-hybridized carbons (Fsp3) is 0.867. The van der Waals surface area contributed by atoms with Crippen molar-refractivity contribution in [2.45, 2.75) is 39.7 Å². The number of nitrogens with one attached hydrogen (secondary N) is 1. The number of ether oxygens (including phenoxy) is 1. The summed E-state index contributed by atoms with van der Waals surface area (Å²) in [5.74, 6) is 0.902. The van der Waals surface area contributed by atoms with Crippen LogP contribution in [-0.4, -0.2) is 74.1 Å². The number of carbonyl (C=O) groups is 1. The summed E-state index contributed by atoms with van der Waals surface area (Å²) >= 11 is 0. The molecule has 0 radical (unpaired) electrons. The van der Waals surface area contributed by atoms with Crippen molar-refractivity contribution in [2.75, 3.05) is 46.4 Å². The Morgan fingerprint density at radius 1 is 1.32 bits per heavy atom. The lowest BCUT2D eigenvalue weighted by Crippen LogP contribution is -2.45. The van der Waals surface area contributed by atoms with Gasteiger partial charge in [0, 0.05) is 33.3 Å². The Labute approximate surface area is 151 Å². The van der Waals surface area contributed by atoms with Gasteiger partial charge in [0.25, 0.3) is 0 Å². The van der Waals surface area contributed by atoms with Gasteiger partial charge in [0.1, 0.15) is 0 Å². The van der Waals surface area contributed by atoms with E-state index in [2.05, 4.69) is 10.3 Å². The van der Waals surface area contributed by atoms with Crippen molar-refractivity contribution >= 4 is 35.8 Å². The topological polar surface area (TPSA) is 57.2 Å². The molecule has 0 spiro atoms. The quantitative estimate of drug-likeness (QED) is 0.381. The summed E-state index contributed by atoms with van der Waals surface area (Å²) in [6, 6.07) is 0. The van der Waals surface area contributed by atoms with Crippen molar-refractivity contribution in [3.63, 3.8) is 0 Å². The molecule has 1 atom stereocenters. The highest BCUT2D eigenvalue weighted by molar-refractivity contribution is 14.0. The summed E-state index contributed by atoms with van der Waals surface area (Å²) in [4.78, 5) is 20.5. The Morgan fingerprint density at radius 2 is 2.00 bits per heavy atom. The summed E-state index contributed by atoms with van der Waals surface area (Å²) in [5, 5.41) is 3.24. The van der Waals surface area contributed by atoms with E-state index in [-0.39, 0.29) is 36.0 Å². The molecule has 130 valence electrons. The monoisotopic (exact) mass is 426 g/mol. The van der Waals surface area contributed by atoms with Crippen LogP contribution in [0.4, 0.5) is 0 Å². The minimum Gasteiger partial charge on any atom is -0.376 e. The zero-order valence-corrected chi connectivity index (χ0v) is 16.6. The smallest absolute Gasteiger partial charge is 0.242 e. The number of rotatable bonds is 7. The zero-order valence-electron chi connectivity index (χ0n) is 14.3. The van der Waals surface area contributed by atoms with Crippen LogP contribution in [0.2, 0.25) is 0 Å². The average molecular weight is 426 g/mol. The molecule has 0 aromatic rings. The number of guanidine groups is 1. The highest BCUT2D eigenvalue weighted by Gasteiger charge is 2.17. The van der Waals surface area contributed by atoms with Gasteiger partial charge in [-0.2, -0.15) is 0 Å². The van der Waals surface area contributed by atoms with Crippen molar-refractivity contribution < 1.29 is 9.53 Å². The van der Waals surface area contributed by atoms with E-state index in [0.29, 0.717) is 13.1 Å². The minimum absolute atomic E-state index is 0. The standard InChI is InChI=1S/C15H30N4O2.HI/c1-5-16-15(17-11-13-9-8-10-21-13)18(4)12-14(20)19(6-2)7-3;/h13H,5-12H2,1-4H3,(H,16,17);1H. The lowest BCUT2D eigenvalue weighted by Gasteiger charge is -2.25. The van der Waals surface area contributed by atoms with Crippen LogP contribution in [0.3, 0.4) is 0 Å². The van der Waals surface area contributed by atoms with Crippen LogP contribution in [0, 0.1) is 0 Å². The Morgan fingerprint density at radius 3 is 2.50 bits per heavy atom. The van der Waals surface area contributed by atoms with Gasteiger partial charge in [0.05, 0.1) is 19.2 Å². The molecular weight excluding hydrogens is 395 g/mol. The summed E-state index contributed by atoms with van der Waals surface area (Å²) < 4.78 is 5.59. The second-order valence-corrected chi connectivity index (χ2v) is 5.25. The fourth-order valence-corrected chi connectivity index (χ4v) is 2.40. The van der Waals surface area contributed by atoms with Gasteiger partial charge in [-0.3, -0.25) is 9.79 Å². The molecule has 0 aliphatic carbocycles. The van der Waals surface area contributed by atoms with Crippen LogP contribution in [0.1, 0.15) is 33.6 Å². The van der Waals surface area contributed by atoms with Gasteiger partial charge in [-0.15, -0.1) is 24.0 Å². The molecular formula is C15H31IN4O2. The summed E-state index contributed by atoms with van der Waals surface area (Å²) in [5.41, 5.74) is 0. The third kappa shape index (κ3) is 7.13. The molecule has 1 fully saturated rings. The van der Waals surface area contributed by atoms with E-state index in [9.17, 15) is 4.79 Å². The number of hydrogen-bond donors (Lipinski definition) is 1. The van der Waals surface area contributed by atoms with Crippen LogP contribution in [0.5, 0.6) is 0 Å². The Kier molecular flexibility index (Phi) is 11.6. The molecule has 1 heterocycles. The summed E-state index contributed by atoms with van der Waals surface area (Å²) in [6.45, 7) is 10.1. The number of aliphatic imine (C=N–C) groups is 1. The first-order valence-electron chi connectivity index (χ1n) is 8.01. The molecule has 7 heteroatoms. The van der Waals surface area contributed by atoms with E-state index in [4.69, 9.17) is 4.74 Å². The maximum atomic E-state index is 12.2. The zero-order chi connectivity index (χ0) is 15.7. The van der Waals surface area contributed by atoms with E-state index in [1.165, 1.54) is 0 Å². The first-order chi connectivity index (χ1) is 10.1. The molecule has 0 aromatic heterocycles. The molecule has 6 nitrogen and oxygen atoms in total. The van der Waals surface area contributed by atoms with Crippen molar-refractivity contribution in [3.05, 3.63) is 0 Å². The molecule has 1 unspecified atom stereocenters. The van der Waals surface area contributed by atoms with Gasteiger partial charge in [-0.05, 0) is 33.6 Å². The van der Waals surface area contributed by atoms with E-state index in [1.54, 1.807) is 0 Å². The number of carbonyl (C=O) groups excluding carboxylic acids is 1. The molecule has 1 N–H and O–H groups in total. The molecule has 1 saturated heterocycles. The predicted octanol–water partition coefficient (Wildman–Crippen LogP) is 1.55. The predicted molar refractivity (Wildman–Crippen MR) is 101 cm³/mol. The SMILES string of the molecule is CCNC(=NCC1CCCO1)N(C)CC(=O)N(CC)CC.I. The van der Waals surface area contributed by atoms with Crippen LogP contribution >= 0.6 is 24.0 Å². The number of likely N-dealkylation sites (N-methyl/N-ethyl adjacent to an activating group) is 2. The third-order valence-electron chi connectivity index (χ3n) is 3.65. The highest BCUT2D eigenvalue weighted by atomic mass is 127. The van der Waals surface area contributed by atoms with Gasteiger partial charge in [-0.1, -0.05) is 0 Å². The third-order valence-corrected chi connectivity index (χ3v) is 3.65. The second-order valence-electron chi connectivity index (χ2n) is 5.25. The lowest BCUT2D eigenvalue weighted by atomic mass is 10.2. The van der Waals surface area contributed by atoms with E-state index in [1.807, 2.05) is 37.6 Å². The van der Waals surface area contributed by atoms with Crippen molar-refractivity contribution in [1.29, 1.82) is 0 Å². The Bertz CT molecular complexity index is 342. The fourth-order valence-electron chi connectivity index (χ4n) is 2.40. The van der Waals surface area contributed by atoms with Crippen molar-refractivity contribution in [3.8, 4) is 0 Å². The van der Waals surface area contributed by atoms with Gasteiger partial charge in [0.15, 0.2) is 5.96 Å². The van der Waals surface area contributed by atoms with Gasteiger partial charge in [0.2, 0.25) is 5.91 Å². The van der Waals surface area contributed by atoms with Crippen molar-refractivity contribution in [1.82, 2.24) is 15.1 Å². The largest absolute Gasteiger partial charge is 0.376 e. The maximum Gasteiger partial charge on any atom is 0.242 e. The van der Waals surface area contributed by atoms with E-state index in [0.717, 1.165) is 45.0 Å². The molecule has 1 aliphatic rings. The van der Waals surface area contributed by atoms with Crippen LogP contribution in [-0.2, 0) is 9.53 Å². The average Bonchev–Trinajstić information content (AvgIpc) is 2.97. The van der Waals surface area contributed by atoms with Gasteiger partial charge >= 0.3 is 0 Å². The number of amides is 1. The van der Waals surface area contributed by atoms with E-state index < -0.39 is 0 Å². The molecule has 22 heavy (non-hydrogen) atoms. The summed E-state index contributed by atoms with van der Waals surface area (Å²) in [6.07, 6.45) is 2.42. The molecule has 1 aliphatic heterocycles. The minimum atomic E-state index is 0. The van der Waals surface area contributed by atoms with Crippen molar-refractivity contribution in [2.24, 2.45) is 4.99 Å². The van der Waals surface area contributed by atoms with Crippen LogP contribution in [0.15, 0.2) is 4.99 Å². The number of halogens is 1. The van der Waals surface area contributed by atoms with Gasteiger partial charge in [-0.25, -0.2) is 0 Å². The van der Waals surface area contributed by atoms with Crippen LogP contribution in [0.25, 0.3) is 0 Å². The highest BCUT2D eigenvalue weighted by Crippen LogP contribution is 2.11. The molecule has 0 bridgehead atoms. The van der Waals surface area contributed by atoms with Gasteiger partial charge < -0.3 is 19.9 Å².